The minimum Gasteiger partial charge on any atom is -0.313 e. The smallest absolute Gasteiger partial charge is 0.0416 e. The number of nitrogens with zero attached hydrogens (tertiary/aromatic N) is 2. The lowest BCUT2D eigenvalue weighted by Gasteiger charge is -2.30. The van der Waals surface area contributed by atoms with Crippen molar-refractivity contribution in [2.24, 2.45) is 0 Å². The van der Waals surface area contributed by atoms with Crippen molar-refractivity contribution in [1.82, 2.24) is 15.2 Å². The number of aromatic nitrogens is 1. The van der Waals surface area contributed by atoms with Crippen LogP contribution in [-0.4, -0.2) is 42.1 Å². The molecule has 0 radical (unpaired) electrons. The molecule has 0 aromatic carbocycles. The molecule has 18 heavy (non-hydrogen) atoms. The standard InChI is InChI=1S/C15H27N3/c1-5-10-16-13(2)14(3)18(4)12-9-15-8-6-7-11-17-15/h6-8,11,13-14,16H,5,9-10,12H2,1-4H3. The Morgan fingerprint density at radius 2 is 2.11 bits per heavy atom. The Kier molecular flexibility index (Phi) is 6.91. The van der Waals surface area contributed by atoms with Gasteiger partial charge < -0.3 is 10.2 Å². The molecule has 1 heterocycles. The van der Waals surface area contributed by atoms with Gasteiger partial charge >= 0.3 is 0 Å². The number of hydrogen-bond donors (Lipinski definition) is 1. The minimum absolute atomic E-state index is 0.527. The van der Waals surface area contributed by atoms with Crippen LogP contribution < -0.4 is 5.32 Å². The molecule has 2 unspecified atom stereocenters. The molecule has 2 atom stereocenters. The van der Waals surface area contributed by atoms with Gasteiger partial charge in [-0.25, -0.2) is 0 Å². The lowest BCUT2D eigenvalue weighted by atomic mass is 10.1. The van der Waals surface area contributed by atoms with Crippen LogP contribution in [0.4, 0.5) is 0 Å². The van der Waals surface area contributed by atoms with Crippen LogP contribution in [0.1, 0.15) is 32.9 Å². The summed E-state index contributed by atoms with van der Waals surface area (Å²) in [5, 5.41) is 3.55. The fourth-order valence-corrected chi connectivity index (χ4v) is 1.96. The van der Waals surface area contributed by atoms with Gasteiger partial charge in [-0.05, 0) is 46.0 Å². The van der Waals surface area contributed by atoms with E-state index in [9.17, 15) is 0 Å². The van der Waals surface area contributed by atoms with E-state index in [4.69, 9.17) is 0 Å². The van der Waals surface area contributed by atoms with E-state index in [1.165, 1.54) is 12.1 Å². The van der Waals surface area contributed by atoms with E-state index in [0.29, 0.717) is 12.1 Å². The Bertz CT molecular complexity index is 313. The van der Waals surface area contributed by atoms with Crippen LogP contribution in [0, 0.1) is 0 Å². The van der Waals surface area contributed by atoms with Crippen molar-refractivity contribution >= 4 is 0 Å². The summed E-state index contributed by atoms with van der Waals surface area (Å²) in [7, 11) is 2.19. The summed E-state index contributed by atoms with van der Waals surface area (Å²) in [4.78, 5) is 6.77. The van der Waals surface area contributed by atoms with Gasteiger partial charge in [0.1, 0.15) is 0 Å². The van der Waals surface area contributed by atoms with E-state index in [1.807, 2.05) is 12.3 Å². The van der Waals surface area contributed by atoms with Gasteiger partial charge in [0.15, 0.2) is 0 Å². The van der Waals surface area contributed by atoms with Gasteiger partial charge in [0, 0.05) is 36.9 Å². The van der Waals surface area contributed by atoms with Crippen molar-refractivity contribution in [3.63, 3.8) is 0 Å². The second-order valence-electron chi connectivity index (χ2n) is 5.04. The lowest BCUT2D eigenvalue weighted by molar-refractivity contribution is 0.215. The van der Waals surface area contributed by atoms with Crippen LogP contribution >= 0.6 is 0 Å². The molecule has 1 aromatic heterocycles. The molecule has 0 amide bonds. The number of nitrogens with one attached hydrogen (secondary N) is 1. The summed E-state index contributed by atoms with van der Waals surface area (Å²) in [5.74, 6) is 0. The molecule has 0 aliphatic carbocycles. The monoisotopic (exact) mass is 249 g/mol. The third-order valence-corrected chi connectivity index (χ3v) is 3.58. The first-order valence-electron chi connectivity index (χ1n) is 6.98. The molecule has 3 nitrogen and oxygen atoms in total. The Balaban J connectivity index is 2.33. The van der Waals surface area contributed by atoms with E-state index < -0.39 is 0 Å². The third-order valence-electron chi connectivity index (χ3n) is 3.58. The van der Waals surface area contributed by atoms with Crippen LogP contribution in [0.15, 0.2) is 24.4 Å². The fourth-order valence-electron chi connectivity index (χ4n) is 1.96. The summed E-state index contributed by atoms with van der Waals surface area (Å²) in [5.41, 5.74) is 1.17. The molecule has 0 bridgehead atoms. The van der Waals surface area contributed by atoms with Crippen molar-refractivity contribution in [1.29, 1.82) is 0 Å². The van der Waals surface area contributed by atoms with Gasteiger partial charge in [-0.1, -0.05) is 13.0 Å². The zero-order valence-electron chi connectivity index (χ0n) is 12.2. The molecule has 102 valence electrons. The molecule has 0 spiro atoms. The van der Waals surface area contributed by atoms with E-state index in [0.717, 1.165) is 19.5 Å². The van der Waals surface area contributed by atoms with E-state index in [1.54, 1.807) is 0 Å². The molecule has 0 aliphatic heterocycles. The Labute approximate surface area is 112 Å². The zero-order chi connectivity index (χ0) is 13.4. The first-order chi connectivity index (χ1) is 8.65. The summed E-state index contributed by atoms with van der Waals surface area (Å²) >= 11 is 0. The maximum Gasteiger partial charge on any atom is 0.0416 e. The maximum absolute atomic E-state index is 4.36. The number of pyridine rings is 1. The van der Waals surface area contributed by atoms with Crippen molar-refractivity contribution in [2.45, 2.75) is 45.7 Å². The topological polar surface area (TPSA) is 28.2 Å². The molecular weight excluding hydrogens is 222 g/mol. The summed E-state index contributed by atoms with van der Waals surface area (Å²) < 4.78 is 0. The van der Waals surface area contributed by atoms with Crippen molar-refractivity contribution < 1.29 is 0 Å². The lowest BCUT2D eigenvalue weighted by Crippen LogP contribution is -2.46. The SMILES string of the molecule is CCCNC(C)C(C)N(C)CCc1ccccn1. The predicted molar refractivity (Wildman–Crippen MR) is 77.8 cm³/mol. The third kappa shape index (κ3) is 5.15. The maximum atomic E-state index is 4.36. The van der Waals surface area contributed by atoms with E-state index in [2.05, 4.69) is 55.2 Å². The molecule has 1 N–H and O–H groups in total. The predicted octanol–water partition coefficient (Wildman–Crippen LogP) is 2.33. The fraction of sp³-hybridized carbons (Fsp3) is 0.667. The van der Waals surface area contributed by atoms with Crippen molar-refractivity contribution in [3.05, 3.63) is 30.1 Å². The van der Waals surface area contributed by atoms with Crippen LogP contribution in [0.5, 0.6) is 0 Å². The molecule has 3 heteroatoms. The summed E-state index contributed by atoms with van der Waals surface area (Å²) in [6.45, 7) is 8.90. The van der Waals surface area contributed by atoms with E-state index in [-0.39, 0.29) is 0 Å². The second-order valence-corrected chi connectivity index (χ2v) is 5.04. The Morgan fingerprint density at radius 1 is 1.33 bits per heavy atom. The molecule has 0 saturated heterocycles. The van der Waals surface area contributed by atoms with Gasteiger partial charge in [-0.3, -0.25) is 4.98 Å². The van der Waals surface area contributed by atoms with Gasteiger partial charge in [-0.2, -0.15) is 0 Å². The quantitative estimate of drug-likeness (QED) is 0.766. The molecule has 0 aliphatic rings. The molecule has 0 fully saturated rings. The normalized spacial score (nSPS) is 14.7. The Hall–Kier alpha value is -0.930. The van der Waals surface area contributed by atoms with Crippen LogP contribution in [0.25, 0.3) is 0 Å². The molecular formula is C15H27N3. The summed E-state index contributed by atoms with van der Waals surface area (Å²) in [6, 6.07) is 7.18. The van der Waals surface area contributed by atoms with E-state index >= 15 is 0 Å². The largest absolute Gasteiger partial charge is 0.313 e. The number of rotatable bonds is 8. The minimum atomic E-state index is 0.527. The van der Waals surface area contributed by atoms with Gasteiger partial charge in [0.2, 0.25) is 0 Å². The van der Waals surface area contributed by atoms with Gasteiger partial charge in [0.25, 0.3) is 0 Å². The second kappa shape index (κ2) is 8.22. The highest BCUT2D eigenvalue weighted by atomic mass is 15.2. The van der Waals surface area contributed by atoms with Crippen molar-refractivity contribution in [3.8, 4) is 0 Å². The summed E-state index contributed by atoms with van der Waals surface area (Å²) in [6.07, 6.45) is 4.07. The first-order valence-corrected chi connectivity index (χ1v) is 6.98. The zero-order valence-corrected chi connectivity index (χ0v) is 12.2. The van der Waals surface area contributed by atoms with Crippen LogP contribution in [0.3, 0.4) is 0 Å². The van der Waals surface area contributed by atoms with Crippen LogP contribution in [0.2, 0.25) is 0 Å². The average Bonchev–Trinajstić information content (AvgIpc) is 2.42. The molecule has 0 saturated carbocycles. The van der Waals surface area contributed by atoms with Crippen LogP contribution in [-0.2, 0) is 6.42 Å². The highest BCUT2D eigenvalue weighted by Gasteiger charge is 2.15. The molecule has 1 rings (SSSR count). The number of likely N-dealkylation sites (N-methyl/N-ethyl adjacent to an activating group) is 1. The highest BCUT2D eigenvalue weighted by molar-refractivity contribution is 5.03. The Morgan fingerprint density at radius 3 is 2.72 bits per heavy atom. The van der Waals surface area contributed by atoms with Gasteiger partial charge in [-0.15, -0.1) is 0 Å². The number of hydrogen-bond acceptors (Lipinski definition) is 3. The first kappa shape index (κ1) is 15.1. The average molecular weight is 249 g/mol. The van der Waals surface area contributed by atoms with Gasteiger partial charge in [0.05, 0.1) is 0 Å². The highest BCUT2D eigenvalue weighted by Crippen LogP contribution is 2.04. The molecule has 1 aromatic rings. The van der Waals surface area contributed by atoms with Crippen molar-refractivity contribution in [2.75, 3.05) is 20.1 Å².